The normalized spacial score (nSPS) is 10.6. The van der Waals surface area contributed by atoms with Crippen LogP contribution >= 0.6 is 11.6 Å². The number of halogens is 1. The van der Waals surface area contributed by atoms with Crippen LogP contribution in [0.15, 0.2) is 41.5 Å². The number of anilines is 1. The Bertz CT molecular complexity index is 615. The minimum atomic E-state index is -0.463. The average Bonchev–Trinajstić information content (AvgIpc) is 2.41. The first kappa shape index (κ1) is 12.9. The van der Waals surface area contributed by atoms with Gasteiger partial charge in [0.2, 0.25) is 0 Å². The lowest BCUT2D eigenvalue weighted by atomic mass is 10.2. The predicted molar refractivity (Wildman–Crippen MR) is 71.4 cm³/mol. The van der Waals surface area contributed by atoms with Gasteiger partial charge >= 0.3 is 0 Å². The maximum atomic E-state index is 10.6. The van der Waals surface area contributed by atoms with Crippen molar-refractivity contribution in [3.8, 4) is 0 Å². The van der Waals surface area contributed by atoms with Crippen LogP contribution in [0.2, 0.25) is 5.15 Å². The van der Waals surface area contributed by atoms with Gasteiger partial charge in [0.25, 0.3) is 5.69 Å². The summed E-state index contributed by atoms with van der Waals surface area (Å²) in [4.78, 5) is 10.1. The Morgan fingerprint density at radius 3 is 2.84 bits per heavy atom. The van der Waals surface area contributed by atoms with E-state index in [4.69, 9.17) is 11.6 Å². The highest BCUT2D eigenvalue weighted by molar-refractivity contribution is 6.29. The lowest BCUT2D eigenvalue weighted by Crippen LogP contribution is -1.95. The van der Waals surface area contributed by atoms with E-state index in [1.54, 1.807) is 24.3 Å². The Labute approximate surface area is 113 Å². The highest BCUT2D eigenvalue weighted by Gasteiger charge is 2.03. The molecule has 0 aliphatic carbocycles. The van der Waals surface area contributed by atoms with E-state index in [1.165, 1.54) is 18.3 Å². The number of nitro benzene ring substituents is 1. The summed E-state index contributed by atoms with van der Waals surface area (Å²) >= 11 is 5.59. The highest BCUT2D eigenvalue weighted by atomic mass is 35.5. The molecule has 0 radical (unpaired) electrons. The molecule has 0 fully saturated rings. The van der Waals surface area contributed by atoms with Gasteiger partial charge in [0, 0.05) is 17.7 Å². The average molecular weight is 278 g/mol. The van der Waals surface area contributed by atoms with Crippen molar-refractivity contribution in [2.45, 2.75) is 0 Å². The fourth-order valence-electron chi connectivity index (χ4n) is 1.27. The number of nitrogens with zero attached hydrogens (tertiary/aromatic N) is 4. The number of hydrazone groups is 1. The monoisotopic (exact) mass is 277 g/mol. The van der Waals surface area contributed by atoms with Gasteiger partial charge in [-0.15, -0.1) is 10.2 Å². The second-order valence-corrected chi connectivity index (χ2v) is 3.85. The molecule has 0 spiro atoms. The molecule has 0 saturated carbocycles. The molecular formula is C11H8ClN5O2. The van der Waals surface area contributed by atoms with E-state index in [0.29, 0.717) is 11.4 Å². The molecule has 1 N–H and O–H groups in total. The Balaban J connectivity index is 2.04. The van der Waals surface area contributed by atoms with Gasteiger partial charge in [-0.3, -0.25) is 15.5 Å². The number of non-ortho nitro benzene ring substituents is 1. The molecule has 7 nitrogen and oxygen atoms in total. The van der Waals surface area contributed by atoms with Crippen molar-refractivity contribution in [1.82, 2.24) is 10.2 Å². The molecule has 0 aliphatic heterocycles. The molecule has 0 aliphatic rings. The molecular weight excluding hydrogens is 270 g/mol. The Morgan fingerprint density at radius 1 is 1.32 bits per heavy atom. The van der Waals surface area contributed by atoms with Gasteiger partial charge in [0.15, 0.2) is 11.0 Å². The van der Waals surface area contributed by atoms with Crippen LogP contribution in [0.5, 0.6) is 0 Å². The third-order valence-electron chi connectivity index (χ3n) is 2.11. The second kappa shape index (κ2) is 5.87. The summed E-state index contributed by atoms with van der Waals surface area (Å²) in [6, 6.07) is 9.29. The van der Waals surface area contributed by atoms with Crippen molar-refractivity contribution < 1.29 is 4.92 Å². The van der Waals surface area contributed by atoms with Crippen molar-refractivity contribution in [2.75, 3.05) is 5.43 Å². The Morgan fingerprint density at radius 2 is 2.16 bits per heavy atom. The molecule has 8 heteroatoms. The SMILES string of the molecule is O=[N+]([O-])c1cccc(/C=N/Nc2ccc(Cl)nn2)c1. The molecule has 0 atom stereocenters. The molecule has 1 aromatic carbocycles. The quantitative estimate of drug-likeness (QED) is 0.526. The minimum absolute atomic E-state index is 0.00948. The molecule has 1 heterocycles. The summed E-state index contributed by atoms with van der Waals surface area (Å²) in [5.41, 5.74) is 3.25. The number of benzene rings is 1. The van der Waals surface area contributed by atoms with Crippen molar-refractivity contribution in [2.24, 2.45) is 5.10 Å². The summed E-state index contributed by atoms with van der Waals surface area (Å²) in [6.45, 7) is 0. The van der Waals surface area contributed by atoms with E-state index in [9.17, 15) is 10.1 Å². The molecule has 0 unspecified atom stereocenters. The van der Waals surface area contributed by atoms with Gasteiger partial charge in [-0.05, 0) is 12.1 Å². The topological polar surface area (TPSA) is 93.3 Å². The van der Waals surface area contributed by atoms with Crippen LogP contribution in [0.3, 0.4) is 0 Å². The van der Waals surface area contributed by atoms with E-state index >= 15 is 0 Å². The third-order valence-corrected chi connectivity index (χ3v) is 2.31. The number of hydrogen-bond acceptors (Lipinski definition) is 6. The van der Waals surface area contributed by atoms with Crippen LogP contribution < -0.4 is 5.43 Å². The standard InChI is InChI=1S/C11H8ClN5O2/c12-10-4-5-11(16-14-10)15-13-7-8-2-1-3-9(6-8)17(18)19/h1-7H,(H,15,16)/b13-7+. The first-order valence-electron chi connectivity index (χ1n) is 5.18. The largest absolute Gasteiger partial charge is 0.270 e. The smallest absolute Gasteiger partial charge is 0.260 e. The molecule has 2 rings (SSSR count). The van der Waals surface area contributed by atoms with Gasteiger partial charge in [-0.1, -0.05) is 23.7 Å². The lowest BCUT2D eigenvalue weighted by molar-refractivity contribution is -0.384. The summed E-state index contributed by atoms with van der Waals surface area (Å²) in [5.74, 6) is 0.422. The van der Waals surface area contributed by atoms with Crippen LogP contribution in [-0.4, -0.2) is 21.3 Å². The van der Waals surface area contributed by atoms with Crippen molar-refractivity contribution in [3.63, 3.8) is 0 Å². The zero-order chi connectivity index (χ0) is 13.7. The van der Waals surface area contributed by atoms with Crippen molar-refractivity contribution >= 4 is 29.3 Å². The zero-order valence-electron chi connectivity index (χ0n) is 9.52. The Kier molecular flexibility index (Phi) is 3.99. The maximum absolute atomic E-state index is 10.6. The number of hydrogen-bond donors (Lipinski definition) is 1. The van der Waals surface area contributed by atoms with E-state index in [2.05, 4.69) is 20.7 Å². The van der Waals surface area contributed by atoms with Crippen LogP contribution in [0, 0.1) is 10.1 Å². The summed E-state index contributed by atoms with van der Waals surface area (Å²) in [7, 11) is 0. The maximum Gasteiger partial charge on any atom is 0.270 e. The number of nitrogens with one attached hydrogen (secondary N) is 1. The second-order valence-electron chi connectivity index (χ2n) is 3.46. The first-order chi connectivity index (χ1) is 9.15. The number of nitro groups is 1. The summed E-state index contributed by atoms with van der Waals surface area (Å²) < 4.78 is 0. The predicted octanol–water partition coefficient (Wildman–Crippen LogP) is 2.48. The molecule has 19 heavy (non-hydrogen) atoms. The van der Waals surface area contributed by atoms with E-state index < -0.39 is 4.92 Å². The molecule has 1 aromatic heterocycles. The van der Waals surface area contributed by atoms with E-state index in [-0.39, 0.29) is 10.8 Å². The molecule has 0 amide bonds. The summed E-state index contributed by atoms with van der Waals surface area (Å²) in [6.07, 6.45) is 1.45. The van der Waals surface area contributed by atoms with Crippen LogP contribution in [0.4, 0.5) is 11.5 Å². The van der Waals surface area contributed by atoms with Gasteiger partial charge in [-0.25, -0.2) is 0 Å². The fourth-order valence-corrected chi connectivity index (χ4v) is 1.37. The van der Waals surface area contributed by atoms with Crippen molar-refractivity contribution in [1.29, 1.82) is 0 Å². The third kappa shape index (κ3) is 3.71. The fraction of sp³-hybridized carbons (Fsp3) is 0. The number of rotatable bonds is 4. The van der Waals surface area contributed by atoms with Crippen molar-refractivity contribution in [3.05, 3.63) is 57.2 Å². The lowest BCUT2D eigenvalue weighted by Gasteiger charge is -1.97. The van der Waals surface area contributed by atoms with Gasteiger partial charge < -0.3 is 0 Å². The molecule has 2 aromatic rings. The minimum Gasteiger partial charge on any atom is -0.260 e. The summed E-state index contributed by atoms with van der Waals surface area (Å²) in [5, 5.41) is 22.2. The molecule has 0 bridgehead atoms. The molecule has 0 saturated heterocycles. The molecule has 96 valence electrons. The van der Waals surface area contributed by atoms with Gasteiger partial charge in [0.05, 0.1) is 11.1 Å². The van der Waals surface area contributed by atoms with Crippen LogP contribution in [-0.2, 0) is 0 Å². The highest BCUT2D eigenvalue weighted by Crippen LogP contribution is 2.11. The van der Waals surface area contributed by atoms with Crippen LogP contribution in [0.25, 0.3) is 0 Å². The van der Waals surface area contributed by atoms with Gasteiger partial charge in [0.1, 0.15) is 0 Å². The van der Waals surface area contributed by atoms with E-state index in [1.807, 2.05) is 0 Å². The zero-order valence-corrected chi connectivity index (χ0v) is 10.3. The van der Waals surface area contributed by atoms with Gasteiger partial charge in [-0.2, -0.15) is 5.10 Å². The van der Waals surface area contributed by atoms with Crippen LogP contribution in [0.1, 0.15) is 5.56 Å². The Hall–Kier alpha value is -2.54. The first-order valence-corrected chi connectivity index (χ1v) is 5.56. The van der Waals surface area contributed by atoms with E-state index in [0.717, 1.165) is 0 Å². The number of aromatic nitrogens is 2.